The van der Waals surface area contributed by atoms with E-state index in [2.05, 4.69) is 47.8 Å². The van der Waals surface area contributed by atoms with E-state index in [9.17, 15) is 0 Å². The van der Waals surface area contributed by atoms with Gasteiger partial charge in [-0.15, -0.1) is 11.3 Å². The number of aromatic nitrogens is 1. The van der Waals surface area contributed by atoms with Gasteiger partial charge in [0.15, 0.2) is 5.13 Å². The van der Waals surface area contributed by atoms with Gasteiger partial charge >= 0.3 is 0 Å². The molecule has 146 valence electrons. The third-order valence-electron chi connectivity index (χ3n) is 5.80. The fourth-order valence-corrected chi connectivity index (χ4v) is 4.60. The maximum Gasteiger partial charge on any atom is 0.182 e. The zero-order valence-corrected chi connectivity index (χ0v) is 17.3. The maximum absolute atomic E-state index is 6.00. The maximum atomic E-state index is 6.00. The summed E-state index contributed by atoms with van der Waals surface area (Å²) in [6, 6.07) is 0.788. The molecule has 1 aromatic rings. The van der Waals surface area contributed by atoms with Gasteiger partial charge < -0.3 is 10.2 Å². The summed E-state index contributed by atoms with van der Waals surface area (Å²) in [5, 5.41) is 8.64. The Morgan fingerprint density at radius 1 is 1.31 bits per heavy atom. The highest BCUT2D eigenvalue weighted by molar-refractivity contribution is 7.13. The molecule has 0 bridgehead atoms. The Labute approximate surface area is 162 Å². The molecule has 1 unspecified atom stereocenters. The van der Waals surface area contributed by atoms with E-state index in [1.165, 1.54) is 24.2 Å². The van der Waals surface area contributed by atoms with Crippen LogP contribution in [-0.4, -0.2) is 65.1 Å². The van der Waals surface area contributed by atoms with Crippen molar-refractivity contribution in [3.63, 3.8) is 0 Å². The van der Waals surface area contributed by atoms with Crippen molar-refractivity contribution in [2.75, 3.05) is 44.6 Å². The highest BCUT2D eigenvalue weighted by Crippen LogP contribution is 2.27. The molecule has 6 nitrogen and oxygen atoms in total. The fourth-order valence-electron chi connectivity index (χ4n) is 3.79. The smallest absolute Gasteiger partial charge is 0.182 e. The number of anilines is 1. The minimum atomic E-state index is 0.355. The molecule has 0 aromatic carbocycles. The average Bonchev–Trinajstić information content (AvgIpc) is 3.27. The topological polar surface area (TPSA) is 60.7 Å². The van der Waals surface area contributed by atoms with Crippen LogP contribution in [0, 0.1) is 5.92 Å². The van der Waals surface area contributed by atoms with Gasteiger partial charge in [-0.3, -0.25) is 10.7 Å². The quantitative estimate of drug-likeness (QED) is 0.712. The minimum Gasteiger partial charge on any atom is -0.373 e. The van der Waals surface area contributed by atoms with Gasteiger partial charge in [0.05, 0.1) is 11.7 Å². The van der Waals surface area contributed by atoms with Crippen LogP contribution >= 0.6 is 11.3 Å². The van der Waals surface area contributed by atoms with Gasteiger partial charge in [-0.1, -0.05) is 20.4 Å². The number of thiazole rings is 1. The molecule has 3 N–H and O–H groups in total. The number of piperazine rings is 1. The number of nitrogens with two attached hydrogens (primary N) is 1. The molecule has 0 radical (unpaired) electrons. The summed E-state index contributed by atoms with van der Waals surface area (Å²) in [6.45, 7) is 17.1. The average molecular weight is 379 g/mol. The SMILES string of the molecule is C=C(C(C)C)N1CCN([C@@H](C)c2csc(NCC3CCCN3N)n2)CC1. The van der Waals surface area contributed by atoms with E-state index < -0.39 is 0 Å². The molecule has 7 heteroatoms. The summed E-state index contributed by atoms with van der Waals surface area (Å²) in [7, 11) is 0. The number of nitrogens with one attached hydrogen (secondary N) is 1. The lowest BCUT2D eigenvalue weighted by molar-refractivity contribution is 0.116. The Bertz CT molecular complexity index is 593. The standard InChI is InChI=1S/C19H34N6S/c1-14(2)15(3)23-8-10-24(11-9-23)16(4)18-13-26-19(22-18)21-12-17-6-5-7-25(17)20/h13-14,16-17H,3,5-12,20H2,1-2,4H3,(H,21,22)/t16-,17?/m0/s1. The number of nitrogens with zero attached hydrogens (tertiary/aromatic N) is 4. The van der Waals surface area contributed by atoms with Crippen LogP contribution in [0.2, 0.25) is 0 Å². The van der Waals surface area contributed by atoms with Gasteiger partial charge in [0.2, 0.25) is 0 Å². The monoisotopic (exact) mass is 378 g/mol. The van der Waals surface area contributed by atoms with Gasteiger partial charge in [0.25, 0.3) is 0 Å². The first-order chi connectivity index (χ1) is 12.5. The lowest BCUT2D eigenvalue weighted by Gasteiger charge is -2.40. The Morgan fingerprint density at radius 3 is 2.65 bits per heavy atom. The van der Waals surface area contributed by atoms with Crippen LogP contribution in [0.25, 0.3) is 0 Å². The molecule has 0 amide bonds. The predicted octanol–water partition coefficient (Wildman–Crippen LogP) is 2.74. The molecule has 0 aliphatic carbocycles. The van der Waals surface area contributed by atoms with Crippen LogP contribution in [0.5, 0.6) is 0 Å². The van der Waals surface area contributed by atoms with Crippen LogP contribution in [0.1, 0.15) is 45.3 Å². The number of hydrogen-bond acceptors (Lipinski definition) is 7. The number of hydrazine groups is 1. The van der Waals surface area contributed by atoms with E-state index in [0.29, 0.717) is 18.0 Å². The lowest BCUT2D eigenvalue weighted by atomic mass is 10.1. The largest absolute Gasteiger partial charge is 0.373 e. The van der Waals surface area contributed by atoms with Crippen molar-refractivity contribution in [1.29, 1.82) is 0 Å². The Kier molecular flexibility index (Phi) is 6.55. The van der Waals surface area contributed by atoms with Crippen molar-refractivity contribution in [3.05, 3.63) is 23.3 Å². The molecule has 2 aliphatic heterocycles. The van der Waals surface area contributed by atoms with Crippen LogP contribution in [0.3, 0.4) is 0 Å². The number of hydrogen-bond donors (Lipinski definition) is 2. The zero-order chi connectivity index (χ0) is 18.7. The molecule has 26 heavy (non-hydrogen) atoms. The van der Waals surface area contributed by atoms with E-state index in [1.807, 2.05) is 5.01 Å². The molecule has 3 rings (SSSR count). The van der Waals surface area contributed by atoms with Gasteiger partial charge in [0, 0.05) is 56.4 Å². The first kappa shape index (κ1) is 19.6. The van der Waals surface area contributed by atoms with Crippen molar-refractivity contribution < 1.29 is 0 Å². The lowest BCUT2D eigenvalue weighted by Crippen LogP contribution is -2.47. The highest BCUT2D eigenvalue weighted by atomic mass is 32.1. The summed E-state index contributed by atoms with van der Waals surface area (Å²) in [6.07, 6.45) is 2.36. The van der Waals surface area contributed by atoms with Gasteiger partial charge in [0.1, 0.15) is 0 Å². The summed E-state index contributed by atoms with van der Waals surface area (Å²) >= 11 is 1.70. The van der Waals surface area contributed by atoms with Crippen LogP contribution in [-0.2, 0) is 0 Å². The molecule has 3 heterocycles. The molecule has 1 aromatic heterocycles. The van der Waals surface area contributed by atoms with Crippen molar-refractivity contribution in [3.8, 4) is 0 Å². The molecule has 2 aliphatic rings. The summed E-state index contributed by atoms with van der Waals surface area (Å²) < 4.78 is 0. The van der Waals surface area contributed by atoms with Crippen molar-refractivity contribution >= 4 is 16.5 Å². The first-order valence-corrected chi connectivity index (χ1v) is 10.7. The van der Waals surface area contributed by atoms with Crippen LogP contribution in [0.15, 0.2) is 17.7 Å². The van der Waals surface area contributed by atoms with Gasteiger partial charge in [-0.05, 0) is 25.7 Å². The second-order valence-corrected chi connectivity index (χ2v) is 8.70. The first-order valence-electron chi connectivity index (χ1n) is 9.84. The van der Waals surface area contributed by atoms with Crippen LogP contribution < -0.4 is 11.2 Å². The van der Waals surface area contributed by atoms with E-state index in [4.69, 9.17) is 10.8 Å². The molecule has 2 saturated heterocycles. The molecule has 2 fully saturated rings. The second-order valence-electron chi connectivity index (χ2n) is 7.84. The zero-order valence-electron chi connectivity index (χ0n) is 16.4. The molecule has 0 spiro atoms. The third-order valence-corrected chi connectivity index (χ3v) is 6.61. The minimum absolute atomic E-state index is 0.355. The van der Waals surface area contributed by atoms with Gasteiger partial charge in [-0.2, -0.15) is 0 Å². The van der Waals surface area contributed by atoms with E-state index >= 15 is 0 Å². The Balaban J connectivity index is 1.49. The second kappa shape index (κ2) is 8.69. The van der Waals surface area contributed by atoms with Crippen molar-refractivity contribution in [1.82, 2.24) is 19.8 Å². The number of rotatable bonds is 7. The Hall–Kier alpha value is -1.15. The van der Waals surface area contributed by atoms with Crippen molar-refractivity contribution in [2.45, 2.75) is 45.7 Å². The summed E-state index contributed by atoms with van der Waals surface area (Å²) in [5.74, 6) is 6.53. The Morgan fingerprint density at radius 2 is 2.04 bits per heavy atom. The van der Waals surface area contributed by atoms with Gasteiger partial charge in [-0.25, -0.2) is 9.99 Å². The van der Waals surface area contributed by atoms with Crippen molar-refractivity contribution in [2.24, 2.45) is 11.8 Å². The molecular weight excluding hydrogens is 344 g/mol. The highest BCUT2D eigenvalue weighted by Gasteiger charge is 2.25. The third kappa shape index (κ3) is 4.57. The summed E-state index contributed by atoms with van der Waals surface area (Å²) in [4.78, 5) is 9.79. The van der Waals surface area contributed by atoms with Crippen LogP contribution in [0.4, 0.5) is 5.13 Å². The van der Waals surface area contributed by atoms with E-state index in [0.717, 1.165) is 44.4 Å². The molecular formula is C19H34N6S. The molecule has 0 saturated carbocycles. The normalized spacial score (nSPS) is 23.6. The fraction of sp³-hybridized carbons (Fsp3) is 0.737. The molecule has 2 atom stereocenters. The van der Waals surface area contributed by atoms with E-state index in [1.54, 1.807) is 11.3 Å². The predicted molar refractivity (Wildman–Crippen MR) is 110 cm³/mol. The number of allylic oxidation sites excluding steroid dienone is 1. The van der Waals surface area contributed by atoms with E-state index in [-0.39, 0.29) is 0 Å². The summed E-state index contributed by atoms with van der Waals surface area (Å²) in [5.41, 5.74) is 2.43.